The van der Waals surface area contributed by atoms with Crippen molar-refractivity contribution in [1.82, 2.24) is 4.98 Å². The molecule has 0 aromatic carbocycles. The molecular weight excluding hydrogens is 274 g/mol. The molecule has 0 aliphatic rings. The maximum Gasteiger partial charge on any atom is 0.574 e. The van der Waals surface area contributed by atoms with Gasteiger partial charge in [-0.05, 0) is 0 Å². The first-order valence-electron chi connectivity index (χ1n) is 4.80. The summed E-state index contributed by atoms with van der Waals surface area (Å²) in [6.45, 7) is -1.18. The number of methoxy groups -OCH3 is 2. The van der Waals surface area contributed by atoms with E-state index in [1.54, 1.807) is 0 Å². The van der Waals surface area contributed by atoms with Crippen LogP contribution in [0.1, 0.15) is 16.1 Å². The smallest absolute Gasteiger partial charge is 0.495 e. The highest BCUT2D eigenvalue weighted by Crippen LogP contribution is 2.30. The summed E-state index contributed by atoms with van der Waals surface area (Å²) >= 11 is 0. The number of alkyl halides is 4. The molecule has 0 radical (unpaired) electrons. The minimum absolute atomic E-state index is 0.183. The molecule has 0 saturated heterocycles. The van der Waals surface area contributed by atoms with Gasteiger partial charge in [0.25, 0.3) is 0 Å². The van der Waals surface area contributed by atoms with Crippen LogP contribution in [0.25, 0.3) is 0 Å². The van der Waals surface area contributed by atoms with Gasteiger partial charge in [-0.15, -0.1) is 13.2 Å². The Bertz CT molecular complexity index is 475. The second kappa shape index (κ2) is 5.72. The minimum atomic E-state index is -5.07. The quantitative estimate of drug-likeness (QED) is 0.626. The number of carbonyl (C=O) groups is 1. The Morgan fingerprint density at radius 1 is 1.37 bits per heavy atom. The van der Waals surface area contributed by atoms with E-state index < -0.39 is 36.1 Å². The maximum absolute atomic E-state index is 12.6. The third-order valence-electron chi connectivity index (χ3n) is 1.99. The number of pyridine rings is 1. The number of esters is 1. The first kappa shape index (κ1) is 15.0. The topological polar surface area (TPSA) is 57.7 Å². The molecule has 19 heavy (non-hydrogen) atoms. The molecule has 5 nitrogen and oxygen atoms in total. The summed E-state index contributed by atoms with van der Waals surface area (Å²) in [7, 11) is 2.12. The summed E-state index contributed by atoms with van der Waals surface area (Å²) in [6, 6.07) is 0.870. The van der Waals surface area contributed by atoms with E-state index in [0.717, 1.165) is 20.3 Å². The van der Waals surface area contributed by atoms with Crippen molar-refractivity contribution in [1.29, 1.82) is 0 Å². The lowest BCUT2D eigenvalue weighted by Gasteiger charge is -2.14. The molecule has 0 atom stereocenters. The summed E-state index contributed by atoms with van der Waals surface area (Å²) in [5, 5.41) is 0. The molecule has 0 spiro atoms. The van der Waals surface area contributed by atoms with Crippen LogP contribution in [-0.2, 0) is 11.4 Å². The standard InChI is InChI=1S/C10H9F4NO4/c1-17-7-3-5(9(16)18-2)8(15-6(7)4-11)19-10(12,13)14/h3H,4H2,1-2H3. The van der Waals surface area contributed by atoms with Crippen LogP contribution in [0, 0.1) is 0 Å². The van der Waals surface area contributed by atoms with Crippen LogP contribution in [0.4, 0.5) is 17.6 Å². The summed E-state index contributed by atoms with van der Waals surface area (Å²) in [5.74, 6) is -2.39. The van der Waals surface area contributed by atoms with Gasteiger partial charge in [0.2, 0.25) is 5.88 Å². The van der Waals surface area contributed by atoms with Crippen molar-refractivity contribution < 1.29 is 36.6 Å². The highest BCUT2D eigenvalue weighted by atomic mass is 19.4. The average Bonchev–Trinajstić information content (AvgIpc) is 2.35. The molecule has 9 heteroatoms. The van der Waals surface area contributed by atoms with Crippen molar-refractivity contribution in [3.8, 4) is 11.6 Å². The normalized spacial score (nSPS) is 11.1. The van der Waals surface area contributed by atoms with Gasteiger partial charge >= 0.3 is 12.3 Å². The van der Waals surface area contributed by atoms with Gasteiger partial charge in [-0.2, -0.15) is 0 Å². The SMILES string of the molecule is COC(=O)c1cc(OC)c(CF)nc1OC(F)(F)F. The van der Waals surface area contributed by atoms with Crippen molar-refractivity contribution in [3.05, 3.63) is 17.3 Å². The lowest BCUT2D eigenvalue weighted by atomic mass is 10.2. The Kier molecular flexibility index (Phi) is 4.52. The van der Waals surface area contributed by atoms with Gasteiger partial charge in [0.05, 0.1) is 14.2 Å². The lowest BCUT2D eigenvalue weighted by molar-refractivity contribution is -0.276. The van der Waals surface area contributed by atoms with Crippen molar-refractivity contribution in [2.24, 2.45) is 0 Å². The first-order valence-corrected chi connectivity index (χ1v) is 4.80. The van der Waals surface area contributed by atoms with Crippen LogP contribution < -0.4 is 9.47 Å². The van der Waals surface area contributed by atoms with Crippen LogP contribution >= 0.6 is 0 Å². The molecule has 0 fully saturated rings. The summed E-state index contributed by atoms with van der Waals surface area (Å²) < 4.78 is 61.7. The Hall–Kier alpha value is -2.06. The van der Waals surface area contributed by atoms with Crippen LogP contribution in [0.15, 0.2) is 6.07 Å². The largest absolute Gasteiger partial charge is 0.574 e. The van der Waals surface area contributed by atoms with E-state index in [0.29, 0.717) is 0 Å². The van der Waals surface area contributed by atoms with Crippen molar-refractivity contribution in [2.75, 3.05) is 14.2 Å². The first-order chi connectivity index (χ1) is 8.82. The number of hydrogen-bond acceptors (Lipinski definition) is 5. The van der Waals surface area contributed by atoms with Gasteiger partial charge in [0.1, 0.15) is 23.7 Å². The molecule has 1 rings (SSSR count). The number of rotatable bonds is 4. The fourth-order valence-corrected chi connectivity index (χ4v) is 1.23. The van der Waals surface area contributed by atoms with Crippen LogP contribution in [0.5, 0.6) is 11.6 Å². The predicted octanol–water partition coefficient (Wildman–Crippen LogP) is 2.24. The van der Waals surface area contributed by atoms with Crippen LogP contribution in [0.2, 0.25) is 0 Å². The van der Waals surface area contributed by atoms with Crippen molar-refractivity contribution >= 4 is 5.97 Å². The zero-order chi connectivity index (χ0) is 14.6. The Labute approximate surface area is 105 Å². The van der Waals surface area contributed by atoms with E-state index in [1.807, 2.05) is 0 Å². The number of ether oxygens (including phenoxy) is 3. The molecule has 0 unspecified atom stereocenters. The van der Waals surface area contributed by atoms with Gasteiger partial charge in [0.15, 0.2) is 0 Å². The average molecular weight is 283 g/mol. The van der Waals surface area contributed by atoms with Crippen LogP contribution in [0.3, 0.4) is 0 Å². The number of carbonyl (C=O) groups excluding carboxylic acids is 1. The van der Waals surface area contributed by atoms with Crippen LogP contribution in [-0.4, -0.2) is 31.5 Å². The lowest BCUT2D eigenvalue weighted by Crippen LogP contribution is -2.21. The Morgan fingerprint density at radius 3 is 2.42 bits per heavy atom. The fraction of sp³-hybridized carbons (Fsp3) is 0.400. The summed E-state index contributed by atoms with van der Waals surface area (Å²) in [6.07, 6.45) is -5.07. The third kappa shape index (κ3) is 3.70. The van der Waals surface area contributed by atoms with Crippen molar-refractivity contribution in [2.45, 2.75) is 13.0 Å². The molecule has 0 saturated carbocycles. The van der Waals surface area contributed by atoms with E-state index in [4.69, 9.17) is 4.74 Å². The Balaban J connectivity index is 3.35. The van der Waals surface area contributed by atoms with E-state index in [1.165, 1.54) is 0 Å². The molecule has 0 amide bonds. The van der Waals surface area contributed by atoms with Gasteiger partial charge in [0, 0.05) is 6.07 Å². The second-order valence-electron chi connectivity index (χ2n) is 3.16. The molecule has 1 aromatic rings. The number of nitrogens with zero attached hydrogens (tertiary/aromatic N) is 1. The van der Waals surface area contributed by atoms with Gasteiger partial charge in [-0.3, -0.25) is 0 Å². The Morgan fingerprint density at radius 2 is 2.00 bits per heavy atom. The number of halogens is 4. The van der Waals surface area contributed by atoms with Gasteiger partial charge in [-0.1, -0.05) is 0 Å². The highest BCUT2D eigenvalue weighted by Gasteiger charge is 2.35. The highest BCUT2D eigenvalue weighted by molar-refractivity contribution is 5.92. The fourth-order valence-electron chi connectivity index (χ4n) is 1.23. The maximum atomic E-state index is 12.6. The summed E-state index contributed by atoms with van der Waals surface area (Å²) in [5.41, 5.74) is -1.04. The zero-order valence-corrected chi connectivity index (χ0v) is 9.88. The molecular formula is C10H9F4NO4. The number of aromatic nitrogens is 1. The van der Waals surface area contributed by atoms with Crippen molar-refractivity contribution in [3.63, 3.8) is 0 Å². The second-order valence-corrected chi connectivity index (χ2v) is 3.16. The van der Waals surface area contributed by atoms with Gasteiger partial charge < -0.3 is 14.2 Å². The van der Waals surface area contributed by atoms with E-state index in [-0.39, 0.29) is 5.75 Å². The number of hydrogen-bond donors (Lipinski definition) is 0. The molecule has 0 bridgehead atoms. The monoisotopic (exact) mass is 283 g/mol. The van der Waals surface area contributed by atoms with E-state index in [2.05, 4.69) is 14.5 Å². The molecule has 0 aliphatic heterocycles. The third-order valence-corrected chi connectivity index (χ3v) is 1.99. The molecule has 0 aliphatic carbocycles. The predicted molar refractivity (Wildman–Crippen MR) is 53.6 cm³/mol. The zero-order valence-electron chi connectivity index (χ0n) is 9.88. The van der Waals surface area contributed by atoms with E-state index in [9.17, 15) is 22.4 Å². The minimum Gasteiger partial charge on any atom is -0.495 e. The van der Waals surface area contributed by atoms with E-state index >= 15 is 0 Å². The molecule has 0 N–H and O–H groups in total. The van der Waals surface area contributed by atoms with Gasteiger partial charge in [-0.25, -0.2) is 14.2 Å². The molecule has 1 aromatic heterocycles. The molecule has 1 heterocycles. The molecule has 106 valence electrons. The summed E-state index contributed by atoms with van der Waals surface area (Å²) in [4.78, 5) is 14.6.